The fourth-order valence-corrected chi connectivity index (χ4v) is 13.2. The van der Waals surface area contributed by atoms with E-state index < -0.39 is 80.4 Å². The highest BCUT2D eigenvalue weighted by molar-refractivity contribution is 5.15. The van der Waals surface area contributed by atoms with Crippen LogP contribution in [0.4, 0.5) is 0 Å². The molecule has 13 heteroatoms. The van der Waals surface area contributed by atoms with Crippen molar-refractivity contribution >= 4 is 0 Å². The molecular formula is C39H64O13. The average Bonchev–Trinajstić information content (AvgIpc) is 3.58. The number of fused-ring (bicyclic) bond motifs is 7. The maximum absolute atomic E-state index is 11.1. The second kappa shape index (κ2) is 14.1. The third kappa shape index (κ3) is 5.98. The molecule has 22 atom stereocenters. The number of aliphatic hydroxyl groups excluding tert-OH is 7. The summed E-state index contributed by atoms with van der Waals surface area (Å²) in [5, 5.41) is 72.7. The van der Waals surface area contributed by atoms with Crippen LogP contribution in [0.25, 0.3) is 0 Å². The lowest BCUT2D eigenvalue weighted by Gasteiger charge is -2.61. The van der Waals surface area contributed by atoms with Gasteiger partial charge < -0.3 is 64.2 Å². The van der Waals surface area contributed by atoms with Gasteiger partial charge in [0.2, 0.25) is 0 Å². The first-order chi connectivity index (χ1) is 24.7. The molecule has 0 aromatic rings. The quantitative estimate of drug-likeness (QED) is 0.194. The fourth-order valence-electron chi connectivity index (χ4n) is 13.2. The highest BCUT2D eigenvalue weighted by Gasteiger charge is 2.69. The lowest BCUT2D eigenvalue weighted by molar-refractivity contribution is -0.373. The van der Waals surface area contributed by atoms with Crippen molar-refractivity contribution in [2.75, 3.05) is 19.8 Å². The number of aliphatic hydroxyl groups is 7. The van der Waals surface area contributed by atoms with E-state index in [4.69, 9.17) is 28.4 Å². The third-order valence-corrected chi connectivity index (χ3v) is 16.2. The van der Waals surface area contributed by atoms with E-state index in [-0.39, 0.29) is 23.0 Å². The van der Waals surface area contributed by atoms with E-state index in [2.05, 4.69) is 27.7 Å². The van der Waals surface area contributed by atoms with Crippen molar-refractivity contribution in [2.24, 2.45) is 52.3 Å². The molecule has 4 aliphatic heterocycles. The molecule has 7 N–H and O–H groups in total. The molecule has 4 saturated heterocycles. The average molecular weight is 741 g/mol. The lowest BCUT2D eigenvalue weighted by atomic mass is 9.44. The van der Waals surface area contributed by atoms with Crippen LogP contribution in [-0.4, -0.2) is 135 Å². The Morgan fingerprint density at radius 1 is 0.673 bits per heavy atom. The van der Waals surface area contributed by atoms with Gasteiger partial charge in [-0.1, -0.05) is 27.7 Å². The van der Waals surface area contributed by atoms with E-state index in [0.717, 1.165) is 45.1 Å². The summed E-state index contributed by atoms with van der Waals surface area (Å²) in [6.45, 7) is 9.33. The number of rotatable bonds is 6. The predicted molar refractivity (Wildman–Crippen MR) is 183 cm³/mol. The van der Waals surface area contributed by atoms with Crippen LogP contribution in [0.1, 0.15) is 91.9 Å². The molecule has 13 nitrogen and oxygen atoms in total. The first-order valence-electron chi connectivity index (χ1n) is 20.3. The molecule has 8 rings (SSSR count). The Morgan fingerprint density at radius 2 is 1.37 bits per heavy atom. The molecular weight excluding hydrogens is 676 g/mol. The van der Waals surface area contributed by atoms with Crippen LogP contribution < -0.4 is 0 Å². The normalized spacial score (nSPS) is 59.0. The van der Waals surface area contributed by atoms with Crippen molar-refractivity contribution in [1.82, 2.24) is 0 Å². The predicted octanol–water partition coefficient (Wildman–Crippen LogP) is 1.44. The zero-order chi connectivity index (χ0) is 36.9. The Bertz CT molecular complexity index is 1260. The Balaban J connectivity index is 0.942. The third-order valence-electron chi connectivity index (χ3n) is 16.2. The summed E-state index contributed by atoms with van der Waals surface area (Å²) in [6.07, 6.45) is -3.88. The second-order valence-corrected chi connectivity index (χ2v) is 18.7. The highest BCUT2D eigenvalue weighted by atomic mass is 16.8. The molecule has 8 unspecified atom stereocenters. The zero-order valence-corrected chi connectivity index (χ0v) is 31.2. The molecule has 0 bridgehead atoms. The minimum atomic E-state index is -1.71. The minimum absolute atomic E-state index is 0.168. The largest absolute Gasteiger partial charge is 0.394 e. The topological polar surface area (TPSA) is 197 Å². The van der Waals surface area contributed by atoms with E-state index in [0.29, 0.717) is 41.4 Å². The van der Waals surface area contributed by atoms with Gasteiger partial charge in [0.05, 0.1) is 32.0 Å². The summed E-state index contributed by atoms with van der Waals surface area (Å²) in [5.41, 5.74) is 0.425. The van der Waals surface area contributed by atoms with Gasteiger partial charge in [0, 0.05) is 12.3 Å². The molecule has 0 aromatic carbocycles. The molecule has 4 aliphatic carbocycles. The summed E-state index contributed by atoms with van der Waals surface area (Å²) >= 11 is 0. The monoisotopic (exact) mass is 740 g/mol. The summed E-state index contributed by atoms with van der Waals surface area (Å²) < 4.78 is 37.5. The zero-order valence-electron chi connectivity index (χ0n) is 31.2. The number of hydrogen-bond donors (Lipinski definition) is 7. The van der Waals surface area contributed by atoms with Crippen LogP contribution >= 0.6 is 0 Å². The van der Waals surface area contributed by atoms with Gasteiger partial charge in [0.25, 0.3) is 0 Å². The Kier molecular flexibility index (Phi) is 10.4. The van der Waals surface area contributed by atoms with E-state index in [1.807, 2.05) is 0 Å². The highest BCUT2D eigenvalue weighted by Crippen LogP contribution is 2.71. The van der Waals surface area contributed by atoms with Crippen molar-refractivity contribution in [3.8, 4) is 0 Å². The molecule has 8 fully saturated rings. The van der Waals surface area contributed by atoms with Gasteiger partial charge in [0.15, 0.2) is 18.4 Å². The van der Waals surface area contributed by atoms with Gasteiger partial charge >= 0.3 is 0 Å². The number of ether oxygens (including phenoxy) is 6. The maximum atomic E-state index is 11.1. The molecule has 0 amide bonds. The summed E-state index contributed by atoms with van der Waals surface area (Å²) in [5.74, 6) is 3.51. The number of hydrogen-bond acceptors (Lipinski definition) is 13. The summed E-state index contributed by atoms with van der Waals surface area (Å²) in [6, 6.07) is 0. The van der Waals surface area contributed by atoms with Crippen molar-refractivity contribution in [3.63, 3.8) is 0 Å². The summed E-state index contributed by atoms with van der Waals surface area (Å²) in [4.78, 5) is 0. The smallest absolute Gasteiger partial charge is 0.187 e. The van der Waals surface area contributed by atoms with Crippen LogP contribution in [0.5, 0.6) is 0 Å². The van der Waals surface area contributed by atoms with Gasteiger partial charge in [-0.2, -0.15) is 0 Å². The van der Waals surface area contributed by atoms with Crippen molar-refractivity contribution < 1.29 is 64.2 Å². The van der Waals surface area contributed by atoms with Crippen LogP contribution in [-0.2, 0) is 28.4 Å². The lowest BCUT2D eigenvalue weighted by Crippen LogP contribution is -2.65. The summed E-state index contributed by atoms with van der Waals surface area (Å²) in [7, 11) is 0. The first kappa shape index (κ1) is 38.4. The Hall–Kier alpha value is -0.520. The van der Waals surface area contributed by atoms with Gasteiger partial charge in [-0.3, -0.25) is 0 Å². The molecule has 298 valence electrons. The molecule has 1 spiro atoms. The van der Waals surface area contributed by atoms with E-state index >= 15 is 0 Å². The van der Waals surface area contributed by atoms with E-state index in [9.17, 15) is 35.7 Å². The van der Waals surface area contributed by atoms with Crippen molar-refractivity contribution in [2.45, 2.75) is 171 Å². The molecule has 0 aromatic heterocycles. The van der Waals surface area contributed by atoms with Gasteiger partial charge in [-0.15, -0.1) is 0 Å². The molecule has 4 heterocycles. The van der Waals surface area contributed by atoms with Crippen LogP contribution in [0.15, 0.2) is 0 Å². The Morgan fingerprint density at radius 3 is 2.06 bits per heavy atom. The van der Waals surface area contributed by atoms with E-state index in [1.54, 1.807) is 0 Å². The fraction of sp³-hybridized carbons (Fsp3) is 1.00. The first-order valence-corrected chi connectivity index (χ1v) is 20.3. The van der Waals surface area contributed by atoms with Crippen LogP contribution in [0, 0.1) is 52.3 Å². The van der Waals surface area contributed by atoms with Crippen molar-refractivity contribution in [3.05, 3.63) is 0 Å². The van der Waals surface area contributed by atoms with E-state index in [1.165, 1.54) is 25.7 Å². The maximum Gasteiger partial charge on any atom is 0.187 e. The van der Waals surface area contributed by atoms with Gasteiger partial charge in [0.1, 0.15) is 48.8 Å². The standard InChI is InChI=1S/C39H64O13/c1-18-7-12-39(47-17-18)19(2)28-25(52-39)14-24-22-6-5-20-13-21(8-10-37(20,3)23(22)9-11-38(24,28)4)48-36-34(32(45)30(43)27(16-41)50-36)51-35-33(46)31(44)29(42)26(15-40)49-35/h18-36,40-46H,5-17H2,1-4H3/t18?,19?,20?,21-,22?,23?,24+,25?,26+,27+,28?,29+,30-,31-,32-,33+,34+,35-,36+,37-,38-,39?/m0/s1. The van der Waals surface area contributed by atoms with Gasteiger partial charge in [-0.05, 0) is 104 Å². The molecule has 52 heavy (non-hydrogen) atoms. The molecule has 4 saturated carbocycles. The Labute approximate surface area is 307 Å². The SMILES string of the molecule is CC1CCC2(OC1)OC1C[C@@H]3C4CCC5C[C@@H](O[C@@H]6O[C@H](CO)[C@H](O)[C@H](O)[C@H]6O[C@@H]6O[C@H](CO)[C@@H](O)[C@H](O)[C@H]6O)CC[C@]5(C)C4CC[C@]3(C)C1C2C. The van der Waals surface area contributed by atoms with Gasteiger partial charge in [-0.25, -0.2) is 0 Å². The van der Waals surface area contributed by atoms with Crippen LogP contribution in [0.2, 0.25) is 0 Å². The minimum Gasteiger partial charge on any atom is -0.394 e. The second-order valence-electron chi connectivity index (χ2n) is 18.7. The molecule has 8 aliphatic rings. The van der Waals surface area contributed by atoms with Crippen LogP contribution in [0.3, 0.4) is 0 Å². The van der Waals surface area contributed by atoms with Crippen molar-refractivity contribution in [1.29, 1.82) is 0 Å². The molecule has 0 radical (unpaired) electrons.